The maximum absolute atomic E-state index is 4.87. The monoisotopic (exact) mass is 326 g/mol. The van der Waals surface area contributed by atoms with Gasteiger partial charge in [0.25, 0.3) is 0 Å². The Morgan fingerprint density at radius 2 is 2.33 bits per heavy atom. The molecule has 1 N–H and O–H groups in total. The maximum Gasteiger partial charge on any atom is 0.194 e. The molecule has 0 amide bonds. The Bertz CT molecular complexity index is 664. The third-order valence-electron chi connectivity index (χ3n) is 4.31. The van der Waals surface area contributed by atoms with Gasteiger partial charge in [0, 0.05) is 43.8 Å². The van der Waals surface area contributed by atoms with Crippen molar-refractivity contribution in [2.45, 2.75) is 33.2 Å². The fraction of sp³-hybridized carbons (Fsp3) is 0.500. The summed E-state index contributed by atoms with van der Waals surface area (Å²) in [4.78, 5) is 15.9. The quantitative estimate of drug-likeness (QED) is 0.693. The van der Waals surface area contributed by atoms with Crippen molar-refractivity contribution in [2.75, 3.05) is 19.6 Å². The smallest absolute Gasteiger partial charge is 0.194 e. The van der Waals surface area contributed by atoms with E-state index in [1.54, 1.807) is 18.7 Å². The van der Waals surface area contributed by atoms with Gasteiger partial charge in [-0.1, -0.05) is 13.0 Å². The molecule has 24 heavy (non-hydrogen) atoms. The van der Waals surface area contributed by atoms with Crippen molar-refractivity contribution in [3.05, 3.63) is 42.6 Å². The van der Waals surface area contributed by atoms with Crippen molar-refractivity contribution in [3.8, 4) is 5.82 Å². The van der Waals surface area contributed by atoms with E-state index in [-0.39, 0.29) is 0 Å². The number of likely N-dealkylation sites (tertiary alicyclic amines) is 1. The van der Waals surface area contributed by atoms with Crippen LogP contribution in [0.1, 0.15) is 32.3 Å². The lowest BCUT2D eigenvalue weighted by Crippen LogP contribution is -2.46. The Kier molecular flexibility index (Phi) is 5.46. The van der Waals surface area contributed by atoms with E-state index >= 15 is 0 Å². The van der Waals surface area contributed by atoms with Gasteiger partial charge < -0.3 is 10.2 Å². The standard InChI is InChI=1S/C18H26N6/c1-3-20-18(23-10-5-6-15(2)13-23)22-12-16-7-4-8-21-17(16)24-11-9-19-14-24/h4,7-9,11,14-15H,3,5-6,10,12-13H2,1-2H3,(H,20,22). The van der Waals surface area contributed by atoms with Crippen LogP contribution < -0.4 is 5.32 Å². The Balaban J connectivity index is 1.80. The molecule has 0 radical (unpaired) electrons. The highest BCUT2D eigenvalue weighted by Crippen LogP contribution is 2.16. The number of nitrogens with zero attached hydrogens (tertiary/aromatic N) is 5. The van der Waals surface area contributed by atoms with Crippen LogP contribution in [0.3, 0.4) is 0 Å². The minimum absolute atomic E-state index is 0.606. The van der Waals surface area contributed by atoms with Gasteiger partial charge in [-0.05, 0) is 31.7 Å². The molecule has 1 saturated heterocycles. The summed E-state index contributed by atoms with van der Waals surface area (Å²) in [6.45, 7) is 8.07. The van der Waals surface area contributed by atoms with Crippen LogP contribution in [0.5, 0.6) is 0 Å². The molecule has 0 bridgehead atoms. The van der Waals surface area contributed by atoms with Gasteiger partial charge in [-0.25, -0.2) is 15.0 Å². The molecule has 0 aliphatic carbocycles. The molecule has 2 aromatic rings. The largest absolute Gasteiger partial charge is 0.357 e. The number of hydrogen-bond donors (Lipinski definition) is 1. The molecule has 3 heterocycles. The average molecular weight is 326 g/mol. The van der Waals surface area contributed by atoms with Crippen LogP contribution in [0, 0.1) is 5.92 Å². The second-order valence-electron chi connectivity index (χ2n) is 6.32. The summed E-state index contributed by atoms with van der Waals surface area (Å²) in [7, 11) is 0. The fourth-order valence-corrected chi connectivity index (χ4v) is 3.14. The van der Waals surface area contributed by atoms with Crippen LogP contribution in [0.25, 0.3) is 5.82 Å². The molecule has 0 spiro atoms. The van der Waals surface area contributed by atoms with E-state index in [0.29, 0.717) is 6.54 Å². The van der Waals surface area contributed by atoms with Crippen LogP contribution in [0.2, 0.25) is 0 Å². The summed E-state index contributed by atoms with van der Waals surface area (Å²) in [6.07, 6.45) is 9.79. The van der Waals surface area contributed by atoms with Crippen molar-refractivity contribution in [3.63, 3.8) is 0 Å². The molecule has 6 nitrogen and oxygen atoms in total. The van der Waals surface area contributed by atoms with Crippen molar-refractivity contribution in [1.82, 2.24) is 24.8 Å². The second kappa shape index (κ2) is 7.95. The Labute approximate surface area is 143 Å². The first kappa shape index (κ1) is 16.5. The molecule has 1 aliphatic heterocycles. The lowest BCUT2D eigenvalue weighted by atomic mass is 10.0. The summed E-state index contributed by atoms with van der Waals surface area (Å²) in [5.41, 5.74) is 1.09. The van der Waals surface area contributed by atoms with E-state index in [1.165, 1.54) is 12.8 Å². The maximum atomic E-state index is 4.87. The van der Waals surface area contributed by atoms with Gasteiger partial charge in [-0.15, -0.1) is 0 Å². The molecule has 3 rings (SSSR count). The van der Waals surface area contributed by atoms with Gasteiger partial charge >= 0.3 is 0 Å². The summed E-state index contributed by atoms with van der Waals surface area (Å²) >= 11 is 0. The van der Waals surface area contributed by atoms with Crippen LogP contribution >= 0.6 is 0 Å². The molecule has 128 valence electrons. The number of hydrogen-bond acceptors (Lipinski definition) is 3. The highest BCUT2D eigenvalue weighted by Gasteiger charge is 2.19. The van der Waals surface area contributed by atoms with E-state index < -0.39 is 0 Å². The zero-order chi connectivity index (χ0) is 16.8. The van der Waals surface area contributed by atoms with Crippen LogP contribution in [-0.4, -0.2) is 45.0 Å². The van der Waals surface area contributed by atoms with Gasteiger partial charge in [0.2, 0.25) is 0 Å². The van der Waals surface area contributed by atoms with Gasteiger partial charge in [0.15, 0.2) is 5.96 Å². The number of aromatic nitrogens is 3. The SMILES string of the molecule is CCNC(=NCc1cccnc1-n1ccnc1)N1CCCC(C)C1. The topological polar surface area (TPSA) is 58.3 Å². The molecule has 0 saturated carbocycles. The second-order valence-corrected chi connectivity index (χ2v) is 6.32. The van der Waals surface area contributed by atoms with Crippen LogP contribution in [0.4, 0.5) is 0 Å². The van der Waals surface area contributed by atoms with E-state index in [0.717, 1.165) is 42.9 Å². The van der Waals surface area contributed by atoms with Crippen molar-refractivity contribution in [1.29, 1.82) is 0 Å². The third-order valence-corrected chi connectivity index (χ3v) is 4.31. The molecular formula is C18H26N6. The Hall–Kier alpha value is -2.37. The van der Waals surface area contributed by atoms with E-state index in [4.69, 9.17) is 4.99 Å². The van der Waals surface area contributed by atoms with Crippen molar-refractivity contribution < 1.29 is 0 Å². The summed E-state index contributed by atoms with van der Waals surface area (Å²) in [5, 5.41) is 3.43. The molecular weight excluding hydrogens is 300 g/mol. The summed E-state index contributed by atoms with van der Waals surface area (Å²) < 4.78 is 1.93. The molecule has 1 unspecified atom stereocenters. The lowest BCUT2D eigenvalue weighted by molar-refractivity contribution is 0.266. The molecule has 6 heteroatoms. The predicted molar refractivity (Wildman–Crippen MR) is 96.1 cm³/mol. The number of rotatable bonds is 4. The molecule has 1 fully saturated rings. The minimum Gasteiger partial charge on any atom is -0.357 e. The summed E-state index contributed by atoms with van der Waals surface area (Å²) in [5.74, 6) is 2.62. The van der Waals surface area contributed by atoms with Crippen molar-refractivity contribution in [2.24, 2.45) is 10.9 Å². The first-order valence-corrected chi connectivity index (χ1v) is 8.73. The highest BCUT2D eigenvalue weighted by molar-refractivity contribution is 5.80. The highest BCUT2D eigenvalue weighted by atomic mass is 15.3. The zero-order valence-electron chi connectivity index (χ0n) is 14.5. The number of nitrogens with one attached hydrogen (secondary N) is 1. The number of guanidine groups is 1. The van der Waals surface area contributed by atoms with Gasteiger partial charge in [0.05, 0.1) is 6.54 Å². The van der Waals surface area contributed by atoms with E-state index in [9.17, 15) is 0 Å². The normalized spacial score (nSPS) is 18.7. The molecule has 1 aliphatic rings. The van der Waals surface area contributed by atoms with E-state index in [2.05, 4.69) is 40.1 Å². The molecule has 2 aromatic heterocycles. The first-order valence-electron chi connectivity index (χ1n) is 8.73. The predicted octanol–water partition coefficient (Wildman–Crippen LogP) is 2.46. The summed E-state index contributed by atoms with van der Waals surface area (Å²) in [6, 6.07) is 4.04. The Morgan fingerprint density at radius 3 is 3.08 bits per heavy atom. The fourth-order valence-electron chi connectivity index (χ4n) is 3.14. The number of aliphatic imine (C=N–C) groups is 1. The van der Waals surface area contributed by atoms with Crippen LogP contribution in [0.15, 0.2) is 42.0 Å². The van der Waals surface area contributed by atoms with Gasteiger partial charge in [0.1, 0.15) is 12.1 Å². The number of imidazole rings is 1. The first-order chi connectivity index (χ1) is 11.8. The molecule has 1 atom stereocenters. The van der Waals surface area contributed by atoms with Crippen molar-refractivity contribution >= 4 is 5.96 Å². The lowest BCUT2D eigenvalue weighted by Gasteiger charge is -2.33. The zero-order valence-corrected chi connectivity index (χ0v) is 14.5. The average Bonchev–Trinajstić information content (AvgIpc) is 3.13. The minimum atomic E-state index is 0.606. The molecule has 0 aromatic carbocycles. The van der Waals surface area contributed by atoms with E-state index in [1.807, 2.05) is 16.8 Å². The van der Waals surface area contributed by atoms with Gasteiger partial charge in [-0.3, -0.25) is 4.57 Å². The third kappa shape index (κ3) is 3.93. The number of piperidine rings is 1. The Morgan fingerprint density at radius 1 is 1.42 bits per heavy atom. The van der Waals surface area contributed by atoms with Crippen LogP contribution in [-0.2, 0) is 6.54 Å². The van der Waals surface area contributed by atoms with Gasteiger partial charge in [-0.2, -0.15) is 0 Å². The number of pyridine rings is 1.